The predicted octanol–water partition coefficient (Wildman–Crippen LogP) is 2.08. The van der Waals surface area contributed by atoms with Crippen molar-refractivity contribution in [2.24, 2.45) is 5.92 Å². The summed E-state index contributed by atoms with van der Waals surface area (Å²) in [5.41, 5.74) is 0.189. The van der Waals surface area contributed by atoms with Crippen molar-refractivity contribution in [1.82, 2.24) is 4.90 Å². The van der Waals surface area contributed by atoms with Gasteiger partial charge in [0.05, 0.1) is 0 Å². The fraction of sp³-hybridized carbons (Fsp3) is 0.909. The van der Waals surface area contributed by atoms with Gasteiger partial charge in [0.2, 0.25) is 0 Å². The van der Waals surface area contributed by atoms with E-state index in [1.165, 1.54) is 0 Å². The summed E-state index contributed by atoms with van der Waals surface area (Å²) in [5, 5.41) is 0. The molecule has 0 aromatic heterocycles. The van der Waals surface area contributed by atoms with E-state index in [0.717, 1.165) is 13.0 Å². The van der Waals surface area contributed by atoms with Crippen molar-refractivity contribution in [2.45, 2.75) is 52.6 Å². The maximum absolute atomic E-state index is 11.5. The molecule has 1 fully saturated rings. The molecule has 0 unspecified atom stereocenters. The molecule has 0 spiro atoms. The van der Waals surface area contributed by atoms with Crippen LogP contribution in [0.25, 0.3) is 0 Å². The lowest BCUT2D eigenvalue weighted by Crippen LogP contribution is -2.54. The first-order valence-electron chi connectivity index (χ1n) is 5.13. The topological polar surface area (TPSA) is 20.3 Å². The highest BCUT2D eigenvalue weighted by Gasteiger charge is 2.36. The molecule has 1 rings (SSSR count). The lowest BCUT2D eigenvalue weighted by atomic mass is 9.87. The van der Waals surface area contributed by atoms with Gasteiger partial charge in [0.25, 0.3) is 0 Å². The van der Waals surface area contributed by atoms with Crippen LogP contribution in [0.3, 0.4) is 0 Å². The molecule has 1 aliphatic rings. The Morgan fingerprint density at radius 3 is 2.31 bits per heavy atom. The standard InChI is InChI=1S/C11H21NO/c1-8-9(2)12(11(3,4)5)7-6-10(8)13/h8-9H,6-7H2,1-5H3/t8-,9+/m0/s1. The summed E-state index contributed by atoms with van der Waals surface area (Å²) in [6.45, 7) is 11.8. The Kier molecular flexibility index (Phi) is 2.81. The number of piperidine rings is 1. The lowest BCUT2D eigenvalue weighted by molar-refractivity contribution is -0.129. The van der Waals surface area contributed by atoms with Gasteiger partial charge in [-0.3, -0.25) is 9.69 Å². The molecule has 0 amide bonds. The van der Waals surface area contributed by atoms with Crippen LogP contribution in [-0.2, 0) is 4.79 Å². The van der Waals surface area contributed by atoms with Crippen LogP contribution in [0.2, 0.25) is 0 Å². The number of rotatable bonds is 0. The van der Waals surface area contributed by atoms with Crippen molar-refractivity contribution >= 4 is 5.78 Å². The minimum Gasteiger partial charge on any atom is -0.299 e. The van der Waals surface area contributed by atoms with Gasteiger partial charge in [0.1, 0.15) is 5.78 Å². The maximum Gasteiger partial charge on any atom is 0.138 e. The first kappa shape index (κ1) is 10.7. The average molecular weight is 183 g/mol. The third-order valence-electron chi connectivity index (χ3n) is 3.18. The number of nitrogens with zero attached hydrogens (tertiary/aromatic N) is 1. The van der Waals surface area contributed by atoms with Gasteiger partial charge >= 0.3 is 0 Å². The van der Waals surface area contributed by atoms with Crippen LogP contribution in [0.1, 0.15) is 41.0 Å². The van der Waals surface area contributed by atoms with Crippen molar-refractivity contribution in [3.8, 4) is 0 Å². The van der Waals surface area contributed by atoms with Crippen LogP contribution in [0.4, 0.5) is 0 Å². The molecular weight excluding hydrogens is 162 g/mol. The molecule has 2 heteroatoms. The van der Waals surface area contributed by atoms with Crippen LogP contribution in [0.5, 0.6) is 0 Å². The van der Waals surface area contributed by atoms with Gasteiger partial charge in [-0.2, -0.15) is 0 Å². The molecule has 0 aromatic carbocycles. The maximum atomic E-state index is 11.5. The zero-order valence-corrected chi connectivity index (χ0v) is 9.42. The fourth-order valence-electron chi connectivity index (χ4n) is 2.15. The monoisotopic (exact) mass is 183 g/mol. The summed E-state index contributed by atoms with van der Waals surface area (Å²) in [6.07, 6.45) is 0.725. The van der Waals surface area contributed by atoms with Crippen LogP contribution in [0, 0.1) is 5.92 Å². The first-order valence-corrected chi connectivity index (χ1v) is 5.13. The number of likely N-dealkylation sites (tertiary alicyclic amines) is 1. The Morgan fingerprint density at radius 1 is 1.31 bits per heavy atom. The summed E-state index contributed by atoms with van der Waals surface area (Å²) >= 11 is 0. The van der Waals surface area contributed by atoms with Gasteiger partial charge < -0.3 is 0 Å². The van der Waals surface area contributed by atoms with Crippen molar-refractivity contribution in [2.75, 3.05) is 6.54 Å². The molecule has 76 valence electrons. The molecule has 1 heterocycles. The van der Waals surface area contributed by atoms with Gasteiger partial charge in [-0.15, -0.1) is 0 Å². The van der Waals surface area contributed by atoms with Gasteiger partial charge in [0, 0.05) is 30.5 Å². The number of carbonyl (C=O) groups is 1. The van der Waals surface area contributed by atoms with Crippen molar-refractivity contribution < 1.29 is 4.79 Å². The summed E-state index contributed by atoms with van der Waals surface area (Å²) in [5.74, 6) is 0.626. The first-order chi connectivity index (χ1) is 5.84. The second-order valence-electron chi connectivity index (χ2n) is 5.11. The van der Waals surface area contributed by atoms with Crippen LogP contribution in [-0.4, -0.2) is 28.8 Å². The summed E-state index contributed by atoms with van der Waals surface area (Å²) in [6, 6.07) is 0.390. The third-order valence-corrected chi connectivity index (χ3v) is 3.18. The Bertz CT molecular complexity index is 205. The fourth-order valence-corrected chi connectivity index (χ4v) is 2.15. The minimum atomic E-state index is 0.189. The molecule has 13 heavy (non-hydrogen) atoms. The van der Waals surface area contributed by atoms with Crippen molar-refractivity contribution in [3.05, 3.63) is 0 Å². The molecule has 0 aliphatic carbocycles. The molecule has 1 aliphatic heterocycles. The summed E-state index contributed by atoms with van der Waals surface area (Å²) in [4.78, 5) is 13.9. The molecule has 2 nitrogen and oxygen atoms in total. The van der Waals surface area contributed by atoms with Crippen LogP contribution >= 0.6 is 0 Å². The molecule has 1 saturated heterocycles. The Balaban J connectivity index is 2.75. The highest BCUT2D eigenvalue weighted by molar-refractivity contribution is 5.82. The highest BCUT2D eigenvalue weighted by atomic mass is 16.1. The van der Waals surface area contributed by atoms with E-state index < -0.39 is 0 Å². The Morgan fingerprint density at radius 2 is 1.85 bits per heavy atom. The van der Waals surface area contributed by atoms with Crippen molar-refractivity contribution in [1.29, 1.82) is 0 Å². The number of ketones is 1. The third kappa shape index (κ3) is 2.11. The number of carbonyl (C=O) groups excluding carboxylic acids is 1. The van der Waals surface area contributed by atoms with Gasteiger partial charge in [-0.1, -0.05) is 6.92 Å². The van der Waals surface area contributed by atoms with E-state index in [1.54, 1.807) is 0 Å². The van der Waals surface area contributed by atoms with Crippen LogP contribution < -0.4 is 0 Å². The highest BCUT2D eigenvalue weighted by Crippen LogP contribution is 2.27. The molecule has 0 bridgehead atoms. The second kappa shape index (κ2) is 3.41. The zero-order chi connectivity index (χ0) is 10.2. The van der Waals surface area contributed by atoms with Crippen LogP contribution in [0.15, 0.2) is 0 Å². The SMILES string of the molecule is C[C@@H]1C(=O)CCN(C(C)(C)C)[C@@H]1C. The number of hydrogen-bond donors (Lipinski definition) is 0. The second-order valence-corrected chi connectivity index (χ2v) is 5.11. The zero-order valence-electron chi connectivity index (χ0n) is 9.42. The Hall–Kier alpha value is -0.370. The largest absolute Gasteiger partial charge is 0.299 e. The normalized spacial score (nSPS) is 32.2. The summed E-state index contributed by atoms with van der Waals surface area (Å²) < 4.78 is 0. The van der Waals surface area contributed by atoms with E-state index >= 15 is 0 Å². The van der Waals surface area contributed by atoms with Crippen molar-refractivity contribution in [3.63, 3.8) is 0 Å². The Labute approximate surface area is 81.3 Å². The smallest absolute Gasteiger partial charge is 0.138 e. The van der Waals surface area contributed by atoms with Gasteiger partial charge in [-0.25, -0.2) is 0 Å². The minimum absolute atomic E-state index is 0.189. The predicted molar refractivity (Wildman–Crippen MR) is 54.7 cm³/mol. The molecule has 2 atom stereocenters. The van der Waals surface area contributed by atoms with E-state index in [-0.39, 0.29) is 11.5 Å². The van der Waals surface area contributed by atoms with Gasteiger partial charge in [-0.05, 0) is 27.7 Å². The summed E-state index contributed by atoms with van der Waals surface area (Å²) in [7, 11) is 0. The van der Waals surface area contributed by atoms with Gasteiger partial charge in [0.15, 0.2) is 0 Å². The molecule has 0 aromatic rings. The van der Waals surface area contributed by atoms with E-state index in [1.807, 2.05) is 6.92 Å². The molecule has 0 radical (unpaired) electrons. The lowest BCUT2D eigenvalue weighted by Gasteiger charge is -2.45. The molecular formula is C11H21NO. The number of Topliss-reactive ketones (excluding diaryl/α,β-unsaturated/α-hetero) is 1. The quantitative estimate of drug-likeness (QED) is 0.573. The average Bonchev–Trinajstić information content (AvgIpc) is 1.98. The van der Waals surface area contributed by atoms with E-state index in [4.69, 9.17) is 0 Å². The molecule has 0 saturated carbocycles. The van der Waals surface area contributed by atoms with E-state index in [2.05, 4.69) is 32.6 Å². The molecule has 0 N–H and O–H groups in total. The van der Waals surface area contributed by atoms with E-state index in [9.17, 15) is 4.79 Å². The number of hydrogen-bond acceptors (Lipinski definition) is 2. The van der Waals surface area contributed by atoms with E-state index in [0.29, 0.717) is 11.8 Å².